The first-order valence-electron chi connectivity index (χ1n) is 5.43. The first kappa shape index (κ1) is 14.1. The van der Waals surface area contributed by atoms with Crippen LogP contribution in [0.4, 0.5) is 4.39 Å². The van der Waals surface area contributed by atoms with Crippen molar-refractivity contribution in [1.82, 2.24) is 4.90 Å². The molecule has 0 saturated heterocycles. The molecule has 0 heterocycles. The number of nitriles is 1. The molecule has 0 aliphatic heterocycles. The van der Waals surface area contributed by atoms with E-state index in [0.29, 0.717) is 18.5 Å². The van der Waals surface area contributed by atoms with Crippen molar-refractivity contribution in [3.8, 4) is 6.07 Å². The fourth-order valence-corrected chi connectivity index (χ4v) is 1.80. The molecule has 0 spiro atoms. The third kappa shape index (κ3) is 3.79. The molecule has 0 bridgehead atoms. The predicted octanol–water partition coefficient (Wildman–Crippen LogP) is 3.36. The maximum Gasteiger partial charge on any atom is 0.126 e. The molecule has 0 amide bonds. The molecule has 4 heteroatoms. The summed E-state index contributed by atoms with van der Waals surface area (Å²) in [6.07, 6.45) is 0.590. The summed E-state index contributed by atoms with van der Waals surface area (Å²) in [5, 5.41) is 8.99. The molecular weight excluding hydrogens is 283 g/mol. The van der Waals surface area contributed by atoms with Crippen molar-refractivity contribution in [3.63, 3.8) is 0 Å². The highest BCUT2D eigenvalue weighted by Crippen LogP contribution is 2.17. The van der Waals surface area contributed by atoms with E-state index in [9.17, 15) is 4.39 Å². The van der Waals surface area contributed by atoms with E-state index < -0.39 is 5.54 Å². The van der Waals surface area contributed by atoms with Crippen LogP contribution in [0, 0.1) is 17.1 Å². The first-order chi connectivity index (χ1) is 7.86. The molecule has 17 heavy (non-hydrogen) atoms. The van der Waals surface area contributed by atoms with Gasteiger partial charge < -0.3 is 0 Å². The van der Waals surface area contributed by atoms with Gasteiger partial charge in [0.1, 0.15) is 11.4 Å². The molecule has 92 valence electrons. The molecule has 0 aliphatic carbocycles. The molecule has 0 fully saturated rings. The van der Waals surface area contributed by atoms with E-state index in [4.69, 9.17) is 5.26 Å². The van der Waals surface area contributed by atoms with Gasteiger partial charge in [0.05, 0.1) is 6.07 Å². The first-order valence-corrected chi connectivity index (χ1v) is 6.22. The highest BCUT2D eigenvalue weighted by molar-refractivity contribution is 9.10. The Bertz CT molecular complexity index is 438. The number of benzene rings is 1. The number of hydrogen-bond donors (Lipinski definition) is 0. The largest absolute Gasteiger partial charge is 0.289 e. The average Bonchev–Trinajstić information content (AvgIpc) is 2.29. The summed E-state index contributed by atoms with van der Waals surface area (Å²) in [6, 6.07) is 7.14. The van der Waals surface area contributed by atoms with Crippen LogP contribution in [0.25, 0.3) is 0 Å². The maximum atomic E-state index is 13.5. The Hall–Kier alpha value is -0.920. The smallest absolute Gasteiger partial charge is 0.126 e. The van der Waals surface area contributed by atoms with Gasteiger partial charge in [-0.3, -0.25) is 4.90 Å². The van der Waals surface area contributed by atoms with Crippen LogP contribution in [0.3, 0.4) is 0 Å². The summed E-state index contributed by atoms with van der Waals surface area (Å²) in [5.41, 5.74) is 0.141. The van der Waals surface area contributed by atoms with Gasteiger partial charge in [0, 0.05) is 11.0 Å². The van der Waals surface area contributed by atoms with Crippen molar-refractivity contribution in [3.05, 3.63) is 34.1 Å². The molecule has 1 rings (SSSR count). The van der Waals surface area contributed by atoms with Crippen LogP contribution in [0.1, 0.15) is 19.4 Å². The molecule has 0 aliphatic rings. The van der Waals surface area contributed by atoms with Crippen LogP contribution in [0.15, 0.2) is 22.7 Å². The van der Waals surface area contributed by atoms with Gasteiger partial charge in [0.15, 0.2) is 0 Å². The normalized spacial score (nSPS) is 11.6. The van der Waals surface area contributed by atoms with Gasteiger partial charge in [-0.2, -0.15) is 5.26 Å². The Morgan fingerprint density at radius 1 is 1.47 bits per heavy atom. The third-order valence-corrected chi connectivity index (χ3v) is 3.45. The summed E-state index contributed by atoms with van der Waals surface area (Å²) >= 11 is 3.32. The van der Waals surface area contributed by atoms with E-state index in [1.165, 1.54) is 6.07 Å². The lowest BCUT2D eigenvalue weighted by Gasteiger charge is -2.28. The minimum absolute atomic E-state index is 0.198. The van der Waals surface area contributed by atoms with E-state index in [-0.39, 0.29) is 5.82 Å². The lowest BCUT2D eigenvalue weighted by Crippen LogP contribution is -2.40. The quantitative estimate of drug-likeness (QED) is 0.852. The van der Waals surface area contributed by atoms with Crippen molar-refractivity contribution in [2.45, 2.75) is 25.8 Å². The maximum absolute atomic E-state index is 13.5. The van der Waals surface area contributed by atoms with Gasteiger partial charge >= 0.3 is 0 Å². The molecule has 1 aromatic carbocycles. The predicted molar refractivity (Wildman–Crippen MR) is 70.1 cm³/mol. The topological polar surface area (TPSA) is 27.0 Å². The monoisotopic (exact) mass is 298 g/mol. The van der Waals surface area contributed by atoms with Gasteiger partial charge in [0.25, 0.3) is 0 Å². The van der Waals surface area contributed by atoms with Crippen LogP contribution >= 0.6 is 15.9 Å². The molecule has 0 aromatic heterocycles. The van der Waals surface area contributed by atoms with Crippen molar-refractivity contribution in [2.24, 2.45) is 0 Å². The second-order valence-electron chi connectivity index (χ2n) is 4.58. The Morgan fingerprint density at radius 2 is 2.12 bits per heavy atom. The SMILES string of the molecule is CN(CCc1cc(Br)ccc1F)C(C)(C)C#N. The molecular formula is C13H16BrFN2. The van der Waals surface area contributed by atoms with Crippen molar-refractivity contribution in [1.29, 1.82) is 5.26 Å². The molecule has 2 nitrogen and oxygen atoms in total. The van der Waals surface area contributed by atoms with Crippen molar-refractivity contribution >= 4 is 15.9 Å². The minimum Gasteiger partial charge on any atom is -0.289 e. The minimum atomic E-state index is -0.525. The molecule has 0 N–H and O–H groups in total. The van der Waals surface area contributed by atoms with Crippen LogP contribution in [-0.2, 0) is 6.42 Å². The Balaban J connectivity index is 2.69. The van der Waals surface area contributed by atoms with Crippen LogP contribution < -0.4 is 0 Å². The standard InChI is InChI=1S/C13H16BrFN2/c1-13(2,9-16)17(3)7-6-10-8-11(14)4-5-12(10)15/h4-5,8H,6-7H2,1-3H3. The number of halogens is 2. The highest BCUT2D eigenvalue weighted by Gasteiger charge is 2.22. The van der Waals surface area contributed by atoms with Crippen molar-refractivity contribution < 1.29 is 4.39 Å². The summed E-state index contributed by atoms with van der Waals surface area (Å²) < 4.78 is 14.4. The molecule has 0 unspecified atom stereocenters. The lowest BCUT2D eigenvalue weighted by molar-refractivity contribution is 0.213. The fraction of sp³-hybridized carbons (Fsp3) is 0.462. The van der Waals surface area contributed by atoms with Gasteiger partial charge in [-0.25, -0.2) is 4.39 Å². The Morgan fingerprint density at radius 3 is 2.71 bits per heavy atom. The number of nitrogens with zero attached hydrogens (tertiary/aromatic N) is 2. The zero-order valence-electron chi connectivity index (χ0n) is 10.3. The number of rotatable bonds is 4. The molecule has 0 atom stereocenters. The highest BCUT2D eigenvalue weighted by atomic mass is 79.9. The number of likely N-dealkylation sites (N-methyl/N-ethyl adjacent to an activating group) is 1. The second-order valence-corrected chi connectivity index (χ2v) is 5.49. The van der Waals surface area contributed by atoms with Gasteiger partial charge in [-0.1, -0.05) is 15.9 Å². The summed E-state index contributed by atoms with van der Waals surface area (Å²) in [6.45, 7) is 4.35. The van der Waals surface area contributed by atoms with Crippen molar-refractivity contribution in [2.75, 3.05) is 13.6 Å². The Kier molecular flexibility index (Phi) is 4.67. The zero-order valence-corrected chi connectivity index (χ0v) is 11.9. The summed E-state index contributed by atoms with van der Waals surface area (Å²) in [7, 11) is 1.87. The molecule has 0 saturated carbocycles. The number of hydrogen-bond acceptors (Lipinski definition) is 2. The van der Waals surface area contributed by atoms with E-state index >= 15 is 0 Å². The lowest BCUT2D eigenvalue weighted by atomic mass is 10.0. The van der Waals surface area contributed by atoms with Crippen LogP contribution in [-0.4, -0.2) is 24.0 Å². The van der Waals surface area contributed by atoms with Gasteiger partial charge in [-0.15, -0.1) is 0 Å². The fourth-order valence-electron chi connectivity index (χ4n) is 1.39. The van der Waals surface area contributed by atoms with Gasteiger partial charge in [-0.05, 0) is 51.1 Å². The van der Waals surface area contributed by atoms with E-state index in [2.05, 4.69) is 22.0 Å². The summed E-state index contributed by atoms with van der Waals surface area (Å²) in [4.78, 5) is 1.92. The zero-order chi connectivity index (χ0) is 13.1. The summed E-state index contributed by atoms with van der Waals surface area (Å²) in [5.74, 6) is -0.198. The second kappa shape index (κ2) is 5.61. The van der Waals surface area contributed by atoms with E-state index in [0.717, 1.165) is 4.47 Å². The van der Waals surface area contributed by atoms with E-state index in [1.807, 2.05) is 25.8 Å². The molecule has 0 radical (unpaired) electrons. The Labute approximate surface area is 110 Å². The van der Waals surface area contributed by atoms with Crippen LogP contribution in [0.5, 0.6) is 0 Å². The van der Waals surface area contributed by atoms with Gasteiger partial charge in [0.2, 0.25) is 0 Å². The molecule has 1 aromatic rings. The average molecular weight is 299 g/mol. The third-order valence-electron chi connectivity index (χ3n) is 2.95. The van der Waals surface area contributed by atoms with Crippen LogP contribution in [0.2, 0.25) is 0 Å². The van der Waals surface area contributed by atoms with E-state index in [1.54, 1.807) is 12.1 Å².